The van der Waals surface area contributed by atoms with E-state index in [-0.39, 0.29) is 11.7 Å². The number of benzene rings is 3. The van der Waals surface area contributed by atoms with E-state index < -0.39 is 0 Å². The third kappa shape index (κ3) is 3.19. The second-order valence-corrected chi connectivity index (χ2v) is 6.54. The molecule has 0 aliphatic rings. The number of phenols is 1. The molecule has 0 radical (unpaired) electrons. The third-order valence-electron chi connectivity index (χ3n) is 3.88. The number of phenolic OH excluding ortho intramolecular Hbond substituents is 1. The van der Waals surface area contributed by atoms with Crippen LogP contribution in [0.15, 0.2) is 75.6 Å². The zero-order valence-electron chi connectivity index (χ0n) is 13.4. The summed E-state index contributed by atoms with van der Waals surface area (Å²) in [5, 5.41) is 12.5. The van der Waals surface area contributed by atoms with Crippen LogP contribution in [0.5, 0.6) is 5.75 Å². The van der Waals surface area contributed by atoms with E-state index in [9.17, 15) is 9.90 Å². The van der Waals surface area contributed by atoms with Crippen LogP contribution in [0.3, 0.4) is 0 Å². The van der Waals surface area contributed by atoms with E-state index in [1.165, 1.54) is 0 Å². The molecule has 0 fully saturated rings. The van der Waals surface area contributed by atoms with Crippen LogP contribution in [0.1, 0.15) is 10.4 Å². The van der Waals surface area contributed by atoms with Crippen molar-refractivity contribution < 1.29 is 14.3 Å². The number of aromatic hydroxyl groups is 1. The first-order valence-electron chi connectivity index (χ1n) is 7.86. The van der Waals surface area contributed by atoms with Gasteiger partial charge in [-0.15, -0.1) is 0 Å². The summed E-state index contributed by atoms with van der Waals surface area (Å²) in [7, 11) is 0. The Hall–Kier alpha value is -3.12. The van der Waals surface area contributed by atoms with Crippen molar-refractivity contribution in [1.82, 2.24) is 4.98 Å². The van der Waals surface area contributed by atoms with Crippen LogP contribution in [0.4, 0.5) is 5.69 Å². The maximum Gasteiger partial charge on any atom is 0.255 e. The van der Waals surface area contributed by atoms with Gasteiger partial charge in [0.15, 0.2) is 5.58 Å². The summed E-state index contributed by atoms with van der Waals surface area (Å²) in [6.07, 6.45) is 0. The molecule has 6 heteroatoms. The molecule has 0 aliphatic heterocycles. The zero-order valence-corrected chi connectivity index (χ0v) is 15.0. The highest BCUT2D eigenvalue weighted by atomic mass is 79.9. The van der Waals surface area contributed by atoms with E-state index in [2.05, 4.69) is 26.2 Å². The van der Waals surface area contributed by atoms with Gasteiger partial charge in [0.25, 0.3) is 5.91 Å². The van der Waals surface area contributed by atoms with Crippen molar-refractivity contribution in [2.45, 2.75) is 0 Å². The molecule has 0 saturated carbocycles. The highest BCUT2D eigenvalue weighted by molar-refractivity contribution is 9.10. The van der Waals surface area contributed by atoms with Crippen molar-refractivity contribution in [3.63, 3.8) is 0 Å². The molecule has 0 saturated heterocycles. The number of nitrogens with zero attached hydrogens (tertiary/aromatic N) is 1. The average molecular weight is 409 g/mol. The van der Waals surface area contributed by atoms with Gasteiger partial charge in [0.1, 0.15) is 11.3 Å². The number of anilines is 1. The van der Waals surface area contributed by atoms with E-state index in [1.807, 2.05) is 18.2 Å². The highest BCUT2D eigenvalue weighted by Gasteiger charge is 2.12. The molecular formula is C20H13BrN2O3. The standard InChI is InChI=1S/C20H13BrN2O3/c21-15-10-13(6-8-17(15)24)20-23-16-11-14(7-9-18(16)26-20)22-19(25)12-4-2-1-3-5-12/h1-11,24H,(H,22,25). The second kappa shape index (κ2) is 6.65. The Morgan fingerprint density at radius 1 is 1.04 bits per heavy atom. The van der Waals surface area contributed by atoms with E-state index in [0.717, 1.165) is 5.56 Å². The van der Waals surface area contributed by atoms with Gasteiger partial charge in [-0.1, -0.05) is 18.2 Å². The van der Waals surface area contributed by atoms with Crippen molar-refractivity contribution in [3.8, 4) is 17.2 Å². The number of hydrogen-bond donors (Lipinski definition) is 2. The highest BCUT2D eigenvalue weighted by Crippen LogP contribution is 2.31. The van der Waals surface area contributed by atoms with Crippen molar-refractivity contribution in [1.29, 1.82) is 0 Å². The maximum absolute atomic E-state index is 12.3. The lowest BCUT2D eigenvalue weighted by Gasteiger charge is -2.04. The number of halogens is 1. The van der Waals surface area contributed by atoms with Gasteiger partial charge < -0.3 is 14.8 Å². The van der Waals surface area contributed by atoms with Crippen LogP contribution >= 0.6 is 15.9 Å². The van der Waals surface area contributed by atoms with Gasteiger partial charge in [-0.2, -0.15) is 0 Å². The lowest BCUT2D eigenvalue weighted by atomic mass is 10.2. The van der Waals surface area contributed by atoms with E-state index in [1.54, 1.807) is 48.5 Å². The fraction of sp³-hybridized carbons (Fsp3) is 0. The van der Waals surface area contributed by atoms with Gasteiger partial charge in [-0.05, 0) is 64.5 Å². The lowest BCUT2D eigenvalue weighted by molar-refractivity contribution is 0.102. The molecule has 4 rings (SSSR count). The topological polar surface area (TPSA) is 75.4 Å². The molecule has 0 atom stereocenters. The molecule has 5 nitrogen and oxygen atoms in total. The summed E-state index contributed by atoms with van der Waals surface area (Å²) in [5.74, 6) is 0.402. The summed E-state index contributed by atoms with van der Waals surface area (Å²) in [6.45, 7) is 0. The van der Waals surface area contributed by atoms with Gasteiger partial charge in [0, 0.05) is 16.8 Å². The summed E-state index contributed by atoms with van der Waals surface area (Å²) >= 11 is 3.28. The SMILES string of the molecule is O=C(Nc1ccc2oc(-c3ccc(O)c(Br)c3)nc2c1)c1ccccc1. The Morgan fingerprint density at radius 2 is 1.85 bits per heavy atom. The lowest BCUT2D eigenvalue weighted by Crippen LogP contribution is -2.11. The molecule has 0 spiro atoms. The Balaban J connectivity index is 1.63. The van der Waals surface area contributed by atoms with Gasteiger partial charge in [-0.3, -0.25) is 4.79 Å². The van der Waals surface area contributed by atoms with Gasteiger partial charge in [0.05, 0.1) is 4.47 Å². The molecule has 26 heavy (non-hydrogen) atoms. The van der Waals surface area contributed by atoms with Crippen LogP contribution in [0.2, 0.25) is 0 Å². The predicted octanol–water partition coefficient (Wildman–Crippen LogP) is 5.22. The largest absolute Gasteiger partial charge is 0.507 e. The predicted molar refractivity (Wildman–Crippen MR) is 103 cm³/mol. The van der Waals surface area contributed by atoms with Gasteiger partial charge in [0.2, 0.25) is 5.89 Å². The van der Waals surface area contributed by atoms with Crippen molar-refractivity contribution in [3.05, 3.63) is 76.8 Å². The van der Waals surface area contributed by atoms with E-state index in [0.29, 0.717) is 32.7 Å². The fourth-order valence-electron chi connectivity index (χ4n) is 2.56. The Kier molecular flexibility index (Phi) is 4.18. The third-order valence-corrected chi connectivity index (χ3v) is 4.51. The molecule has 1 heterocycles. The number of carbonyl (C=O) groups is 1. The number of aromatic nitrogens is 1. The normalized spacial score (nSPS) is 10.8. The molecule has 0 aliphatic carbocycles. The molecule has 2 N–H and O–H groups in total. The maximum atomic E-state index is 12.3. The number of hydrogen-bond acceptors (Lipinski definition) is 4. The molecular weight excluding hydrogens is 396 g/mol. The smallest absolute Gasteiger partial charge is 0.255 e. The molecule has 0 bridgehead atoms. The number of oxazole rings is 1. The molecule has 128 valence electrons. The fourth-order valence-corrected chi connectivity index (χ4v) is 2.94. The van der Waals surface area contributed by atoms with Crippen LogP contribution in [-0.2, 0) is 0 Å². The summed E-state index contributed by atoms with van der Waals surface area (Å²) in [4.78, 5) is 16.7. The summed E-state index contributed by atoms with van der Waals surface area (Å²) in [5.41, 5.74) is 3.21. The first kappa shape index (κ1) is 16.4. The van der Waals surface area contributed by atoms with Crippen LogP contribution in [0, 0.1) is 0 Å². The van der Waals surface area contributed by atoms with Crippen molar-refractivity contribution in [2.75, 3.05) is 5.32 Å². The van der Waals surface area contributed by atoms with E-state index >= 15 is 0 Å². The zero-order chi connectivity index (χ0) is 18.1. The van der Waals surface area contributed by atoms with Crippen LogP contribution < -0.4 is 5.32 Å². The molecule has 1 amide bonds. The first-order valence-corrected chi connectivity index (χ1v) is 8.65. The summed E-state index contributed by atoms with van der Waals surface area (Å²) in [6, 6.07) is 19.3. The van der Waals surface area contributed by atoms with Gasteiger partial charge >= 0.3 is 0 Å². The Bertz CT molecular complexity index is 1110. The van der Waals surface area contributed by atoms with Crippen molar-refractivity contribution in [2.24, 2.45) is 0 Å². The number of rotatable bonds is 3. The molecule has 3 aromatic carbocycles. The summed E-state index contributed by atoms with van der Waals surface area (Å²) < 4.78 is 6.33. The minimum Gasteiger partial charge on any atom is -0.507 e. The average Bonchev–Trinajstić information content (AvgIpc) is 3.08. The van der Waals surface area contributed by atoms with Crippen LogP contribution in [-0.4, -0.2) is 16.0 Å². The first-order chi connectivity index (χ1) is 12.6. The Labute approximate surface area is 157 Å². The second-order valence-electron chi connectivity index (χ2n) is 5.69. The molecule has 1 aromatic heterocycles. The number of carbonyl (C=O) groups excluding carboxylic acids is 1. The number of nitrogens with one attached hydrogen (secondary N) is 1. The van der Waals surface area contributed by atoms with Crippen molar-refractivity contribution >= 4 is 38.6 Å². The number of fused-ring (bicyclic) bond motifs is 1. The number of amides is 1. The van der Waals surface area contributed by atoms with E-state index in [4.69, 9.17) is 4.42 Å². The Morgan fingerprint density at radius 3 is 2.62 bits per heavy atom. The minimum atomic E-state index is -0.184. The van der Waals surface area contributed by atoms with Crippen LogP contribution in [0.25, 0.3) is 22.6 Å². The van der Waals surface area contributed by atoms with Gasteiger partial charge in [-0.25, -0.2) is 4.98 Å². The molecule has 0 unspecified atom stereocenters. The molecule has 4 aromatic rings. The quantitative estimate of drug-likeness (QED) is 0.487. The monoisotopic (exact) mass is 408 g/mol. The minimum absolute atomic E-state index is 0.149.